The van der Waals surface area contributed by atoms with Gasteiger partial charge >= 0.3 is 6.03 Å². The van der Waals surface area contributed by atoms with Crippen molar-refractivity contribution in [2.75, 3.05) is 25.6 Å². The van der Waals surface area contributed by atoms with Gasteiger partial charge in [0.15, 0.2) is 0 Å². The Morgan fingerprint density at radius 3 is 2.07 bits per heavy atom. The second kappa shape index (κ2) is 7.57. The van der Waals surface area contributed by atoms with Gasteiger partial charge in [0, 0.05) is 30.1 Å². The van der Waals surface area contributed by atoms with Crippen LogP contribution in [0.1, 0.15) is 0 Å². The van der Waals surface area contributed by atoms with Crippen molar-refractivity contribution in [1.29, 1.82) is 0 Å². The number of aromatic nitrogens is 2. The van der Waals surface area contributed by atoms with Gasteiger partial charge in [-0.15, -0.1) is 0 Å². The summed E-state index contributed by atoms with van der Waals surface area (Å²) in [6.07, 6.45) is 0. The number of benzene rings is 4. The predicted octanol–water partition coefficient (Wildman–Crippen LogP) is 4.86. The summed E-state index contributed by atoms with van der Waals surface area (Å²) in [6, 6.07) is 21.8. The lowest BCUT2D eigenvalue weighted by Crippen LogP contribution is -2.31. The quantitative estimate of drug-likeness (QED) is 0.258. The number of ether oxygens (including phenoxy) is 1. The van der Waals surface area contributed by atoms with E-state index >= 15 is 0 Å². The molecule has 0 spiro atoms. The van der Waals surface area contributed by atoms with E-state index in [2.05, 4.69) is 34.9 Å². The van der Waals surface area contributed by atoms with Crippen molar-refractivity contribution in [3.8, 4) is 0 Å². The molecule has 5 rings (SSSR count). The number of nitrogens with zero attached hydrogens (tertiary/aromatic N) is 2. The average molecular weight is 396 g/mol. The van der Waals surface area contributed by atoms with E-state index in [1.807, 2.05) is 42.5 Å². The van der Waals surface area contributed by atoms with E-state index in [1.165, 1.54) is 5.39 Å². The summed E-state index contributed by atoms with van der Waals surface area (Å²) >= 11 is 0. The standard InChI is InChI=1S/C24H20N4O2/c1-30-13-12-25-24(29)26-15-10-11-20-21(14-15)28-23-19-9-5-3-7-17(19)16-6-2-4-8-18(16)22(23)27-20/h2-11,14H,12-13H2,1H3,(H2,25,26,29). The van der Waals surface area contributed by atoms with Gasteiger partial charge in [-0.2, -0.15) is 0 Å². The van der Waals surface area contributed by atoms with Gasteiger partial charge in [0.2, 0.25) is 0 Å². The molecule has 0 aliphatic rings. The van der Waals surface area contributed by atoms with E-state index < -0.39 is 0 Å². The number of hydrogen-bond donors (Lipinski definition) is 2. The lowest BCUT2D eigenvalue weighted by Gasteiger charge is -2.11. The minimum atomic E-state index is -0.281. The molecule has 0 radical (unpaired) electrons. The zero-order valence-electron chi connectivity index (χ0n) is 16.5. The third-order valence-electron chi connectivity index (χ3n) is 5.17. The molecule has 1 aromatic heterocycles. The lowest BCUT2D eigenvalue weighted by atomic mass is 9.99. The van der Waals surface area contributed by atoms with Crippen LogP contribution < -0.4 is 10.6 Å². The summed E-state index contributed by atoms with van der Waals surface area (Å²) in [5.74, 6) is 0. The highest BCUT2D eigenvalue weighted by Crippen LogP contribution is 2.34. The monoisotopic (exact) mass is 396 g/mol. The van der Waals surface area contributed by atoms with E-state index in [-0.39, 0.29) is 6.03 Å². The van der Waals surface area contributed by atoms with Crippen LogP contribution in [0.15, 0.2) is 66.7 Å². The van der Waals surface area contributed by atoms with Crippen LogP contribution in [0.5, 0.6) is 0 Å². The Kier molecular flexibility index (Phi) is 4.61. The minimum Gasteiger partial charge on any atom is -0.383 e. The Hall–Kier alpha value is -3.77. The molecule has 0 unspecified atom stereocenters. The molecule has 0 saturated heterocycles. The van der Waals surface area contributed by atoms with Gasteiger partial charge in [-0.05, 0) is 29.0 Å². The van der Waals surface area contributed by atoms with Crippen LogP contribution in [0, 0.1) is 0 Å². The van der Waals surface area contributed by atoms with Gasteiger partial charge in [0.25, 0.3) is 0 Å². The molecule has 0 atom stereocenters. The number of urea groups is 1. The van der Waals surface area contributed by atoms with E-state index in [1.54, 1.807) is 7.11 Å². The van der Waals surface area contributed by atoms with Crippen molar-refractivity contribution in [2.24, 2.45) is 0 Å². The fourth-order valence-electron chi connectivity index (χ4n) is 3.80. The van der Waals surface area contributed by atoms with Gasteiger partial charge < -0.3 is 15.4 Å². The summed E-state index contributed by atoms with van der Waals surface area (Å²) in [5, 5.41) is 10.0. The molecule has 1 heterocycles. The third kappa shape index (κ3) is 3.17. The number of carbonyl (C=O) groups excluding carboxylic acids is 1. The van der Waals surface area contributed by atoms with E-state index in [0.29, 0.717) is 18.8 Å². The average Bonchev–Trinajstić information content (AvgIpc) is 2.78. The first kappa shape index (κ1) is 18.3. The number of amides is 2. The molecule has 30 heavy (non-hydrogen) atoms. The van der Waals surface area contributed by atoms with E-state index in [4.69, 9.17) is 14.7 Å². The van der Waals surface area contributed by atoms with Crippen molar-refractivity contribution in [3.05, 3.63) is 66.7 Å². The van der Waals surface area contributed by atoms with Crippen molar-refractivity contribution in [1.82, 2.24) is 15.3 Å². The number of anilines is 1. The van der Waals surface area contributed by atoms with Crippen LogP contribution in [-0.2, 0) is 4.74 Å². The zero-order valence-corrected chi connectivity index (χ0v) is 16.5. The molecule has 0 saturated carbocycles. The first-order valence-corrected chi connectivity index (χ1v) is 9.79. The smallest absolute Gasteiger partial charge is 0.319 e. The first-order valence-electron chi connectivity index (χ1n) is 9.79. The molecular formula is C24H20N4O2. The molecule has 2 N–H and O–H groups in total. The highest BCUT2D eigenvalue weighted by atomic mass is 16.5. The number of nitrogens with one attached hydrogen (secondary N) is 2. The molecule has 0 aliphatic carbocycles. The van der Waals surface area contributed by atoms with Gasteiger partial charge in [-0.1, -0.05) is 48.5 Å². The van der Waals surface area contributed by atoms with Crippen LogP contribution in [0.4, 0.5) is 10.5 Å². The van der Waals surface area contributed by atoms with Gasteiger partial charge in [-0.25, -0.2) is 14.8 Å². The number of rotatable bonds is 4. The molecule has 0 aliphatic heterocycles. The molecule has 148 valence electrons. The highest BCUT2D eigenvalue weighted by Gasteiger charge is 2.12. The number of methoxy groups -OCH3 is 1. The maximum absolute atomic E-state index is 12.0. The molecule has 5 aromatic rings. The van der Waals surface area contributed by atoms with Crippen LogP contribution in [0.2, 0.25) is 0 Å². The Labute approximate surface area is 172 Å². The summed E-state index contributed by atoms with van der Waals surface area (Å²) in [7, 11) is 1.60. The Morgan fingerprint density at radius 1 is 0.833 bits per heavy atom. The fourth-order valence-corrected chi connectivity index (χ4v) is 3.80. The van der Waals surface area contributed by atoms with Crippen LogP contribution in [-0.4, -0.2) is 36.3 Å². The molecule has 6 heteroatoms. The van der Waals surface area contributed by atoms with Gasteiger partial charge in [-0.3, -0.25) is 0 Å². The van der Waals surface area contributed by atoms with Gasteiger partial charge in [0.05, 0.1) is 28.7 Å². The molecular weight excluding hydrogens is 376 g/mol. The van der Waals surface area contributed by atoms with E-state index in [0.717, 1.165) is 38.2 Å². The zero-order chi connectivity index (χ0) is 20.5. The topological polar surface area (TPSA) is 76.1 Å². The molecule has 6 nitrogen and oxygen atoms in total. The predicted molar refractivity (Wildman–Crippen MR) is 121 cm³/mol. The molecule has 4 aromatic carbocycles. The van der Waals surface area contributed by atoms with Gasteiger partial charge in [0.1, 0.15) is 0 Å². The van der Waals surface area contributed by atoms with Crippen molar-refractivity contribution in [3.63, 3.8) is 0 Å². The molecule has 0 bridgehead atoms. The Balaban J connectivity index is 1.65. The van der Waals surface area contributed by atoms with Crippen LogP contribution >= 0.6 is 0 Å². The number of fused-ring (bicyclic) bond motifs is 7. The second-order valence-electron chi connectivity index (χ2n) is 7.09. The van der Waals surface area contributed by atoms with Crippen molar-refractivity contribution in [2.45, 2.75) is 0 Å². The minimum absolute atomic E-state index is 0.281. The maximum atomic E-state index is 12.0. The summed E-state index contributed by atoms with van der Waals surface area (Å²) < 4.78 is 4.95. The number of carbonyl (C=O) groups is 1. The molecule has 2 amide bonds. The SMILES string of the molecule is COCCNC(=O)Nc1ccc2nc3c4ccccc4c4ccccc4c3nc2c1. The van der Waals surface area contributed by atoms with Crippen molar-refractivity contribution >= 4 is 55.3 Å². The van der Waals surface area contributed by atoms with Crippen LogP contribution in [0.25, 0.3) is 43.6 Å². The summed E-state index contributed by atoms with van der Waals surface area (Å²) in [6.45, 7) is 0.906. The Morgan fingerprint density at radius 2 is 1.43 bits per heavy atom. The van der Waals surface area contributed by atoms with E-state index in [9.17, 15) is 4.79 Å². The highest BCUT2D eigenvalue weighted by molar-refractivity contribution is 6.23. The second-order valence-corrected chi connectivity index (χ2v) is 7.09. The third-order valence-corrected chi connectivity index (χ3v) is 5.17. The number of hydrogen-bond acceptors (Lipinski definition) is 4. The normalized spacial score (nSPS) is 11.4. The maximum Gasteiger partial charge on any atom is 0.319 e. The largest absolute Gasteiger partial charge is 0.383 e. The molecule has 0 fully saturated rings. The van der Waals surface area contributed by atoms with Crippen molar-refractivity contribution < 1.29 is 9.53 Å². The first-order chi connectivity index (χ1) is 14.7. The fraction of sp³-hybridized carbons (Fsp3) is 0.125. The van der Waals surface area contributed by atoms with Crippen LogP contribution in [0.3, 0.4) is 0 Å². The summed E-state index contributed by atoms with van der Waals surface area (Å²) in [5.41, 5.74) is 3.93. The summed E-state index contributed by atoms with van der Waals surface area (Å²) in [4.78, 5) is 21.9. The Bertz CT molecular complexity index is 1410. The lowest BCUT2D eigenvalue weighted by molar-refractivity contribution is 0.198.